The molecule has 170 valence electrons. The first-order chi connectivity index (χ1) is 14.3. The Labute approximate surface area is 202 Å². The number of nitrogens with zero attached hydrogens (tertiary/aromatic N) is 4. The van der Waals surface area contributed by atoms with Gasteiger partial charge in [-0.1, -0.05) is 0 Å². The maximum Gasteiger partial charge on any atom is 0.191 e. The van der Waals surface area contributed by atoms with E-state index in [1.165, 1.54) is 12.1 Å². The van der Waals surface area contributed by atoms with Crippen molar-refractivity contribution in [2.24, 2.45) is 4.99 Å². The van der Waals surface area contributed by atoms with Gasteiger partial charge in [-0.25, -0.2) is 14.4 Å². The molecule has 1 fully saturated rings. The van der Waals surface area contributed by atoms with E-state index >= 15 is 0 Å². The van der Waals surface area contributed by atoms with Crippen LogP contribution in [0.1, 0.15) is 33.3 Å². The van der Waals surface area contributed by atoms with Gasteiger partial charge in [0.25, 0.3) is 0 Å². The minimum Gasteiger partial charge on any atom is -0.368 e. The average Bonchev–Trinajstić information content (AvgIpc) is 2.72. The Hall–Kier alpha value is -2.10. The lowest BCUT2D eigenvalue weighted by atomic mass is 10.1. The zero-order chi connectivity index (χ0) is 21.6. The largest absolute Gasteiger partial charge is 0.368 e. The van der Waals surface area contributed by atoms with Crippen LogP contribution in [0.3, 0.4) is 0 Å². The van der Waals surface area contributed by atoms with Crippen LogP contribution in [0.2, 0.25) is 0 Å². The number of pyridine rings is 1. The monoisotopic (exact) mass is 540 g/mol. The third-order valence-corrected chi connectivity index (χ3v) is 4.86. The van der Waals surface area contributed by atoms with Gasteiger partial charge < -0.3 is 20.4 Å². The number of hydrogen-bond acceptors (Lipinski definition) is 4. The van der Waals surface area contributed by atoms with E-state index in [-0.39, 0.29) is 35.3 Å². The highest BCUT2D eigenvalue weighted by Gasteiger charge is 2.18. The van der Waals surface area contributed by atoms with Crippen molar-refractivity contribution in [1.29, 1.82) is 0 Å². The van der Waals surface area contributed by atoms with Crippen LogP contribution in [0.4, 0.5) is 15.9 Å². The molecule has 6 nitrogen and oxygen atoms in total. The van der Waals surface area contributed by atoms with Crippen molar-refractivity contribution in [3.8, 4) is 0 Å². The normalized spacial score (nSPS) is 14.8. The molecule has 1 saturated heterocycles. The number of halogens is 2. The molecule has 3 rings (SSSR count). The summed E-state index contributed by atoms with van der Waals surface area (Å²) in [4.78, 5) is 13.9. The summed E-state index contributed by atoms with van der Waals surface area (Å²) in [5, 5.41) is 6.71. The molecule has 0 aliphatic carbocycles. The van der Waals surface area contributed by atoms with Gasteiger partial charge in [-0.2, -0.15) is 0 Å². The molecule has 31 heavy (non-hydrogen) atoms. The van der Waals surface area contributed by atoms with E-state index in [9.17, 15) is 4.39 Å². The molecule has 8 heteroatoms. The van der Waals surface area contributed by atoms with Gasteiger partial charge in [0.15, 0.2) is 5.96 Å². The maximum absolute atomic E-state index is 13.2. The van der Waals surface area contributed by atoms with E-state index in [2.05, 4.69) is 59.2 Å². The third-order valence-electron chi connectivity index (χ3n) is 4.86. The fourth-order valence-electron chi connectivity index (χ4n) is 3.41. The van der Waals surface area contributed by atoms with E-state index in [0.717, 1.165) is 55.8 Å². The molecule has 0 amide bonds. The first kappa shape index (κ1) is 25.2. The molecule has 0 unspecified atom stereocenters. The highest BCUT2D eigenvalue weighted by molar-refractivity contribution is 14.0. The predicted molar refractivity (Wildman–Crippen MR) is 138 cm³/mol. The number of piperazine rings is 1. The van der Waals surface area contributed by atoms with Crippen molar-refractivity contribution in [3.05, 3.63) is 54.0 Å². The number of guanidine groups is 1. The fourth-order valence-corrected chi connectivity index (χ4v) is 3.41. The van der Waals surface area contributed by atoms with Gasteiger partial charge in [0.1, 0.15) is 11.6 Å². The molecule has 1 aromatic carbocycles. The van der Waals surface area contributed by atoms with Gasteiger partial charge in [0.05, 0.1) is 6.54 Å². The summed E-state index contributed by atoms with van der Waals surface area (Å²) in [5.74, 6) is 1.60. The Balaban J connectivity index is 0.00000341. The summed E-state index contributed by atoms with van der Waals surface area (Å²) in [6.45, 7) is 13.4. The van der Waals surface area contributed by atoms with Crippen molar-refractivity contribution in [2.75, 3.05) is 42.5 Å². The standard InChI is InChI=1S/C23H33FN6.HI/c1-5-25-22(28-23(2,3)4)27-17-18-10-11-26-21(16-18)30-14-12-29(13-15-30)20-8-6-19(24)7-9-20;/h6-11,16H,5,12-15,17H2,1-4H3,(H2,25,27,28);1H. The number of hydrogen-bond donors (Lipinski definition) is 2. The molecule has 2 aromatic rings. The minimum absolute atomic E-state index is 0. The number of aliphatic imine (C=N–C) groups is 1. The summed E-state index contributed by atoms with van der Waals surface area (Å²) < 4.78 is 13.2. The predicted octanol–water partition coefficient (Wildman–Crippen LogP) is 4.02. The number of anilines is 2. The number of rotatable bonds is 5. The van der Waals surface area contributed by atoms with Crippen LogP contribution >= 0.6 is 24.0 Å². The second-order valence-corrected chi connectivity index (χ2v) is 8.54. The first-order valence-corrected chi connectivity index (χ1v) is 10.6. The zero-order valence-electron chi connectivity index (χ0n) is 18.9. The molecule has 2 N–H and O–H groups in total. The van der Waals surface area contributed by atoms with E-state index in [0.29, 0.717) is 6.54 Å². The van der Waals surface area contributed by atoms with Crippen LogP contribution in [-0.4, -0.2) is 49.2 Å². The summed E-state index contributed by atoms with van der Waals surface area (Å²) in [6, 6.07) is 10.9. The summed E-state index contributed by atoms with van der Waals surface area (Å²) >= 11 is 0. The lowest BCUT2D eigenvalue weighted by molar-refractivity contribution is 0.501. The molecule has 0 bridgehead atoms. The van der Waals surface area contributed by atoms with E-state index < -0.39 is 0 Å². The third kappa shape index (κ3) is 7.83. The van der Waals surface area contributed by atoms with Gasteiger partial charge in [-0.15, -0.1) is 24.0 Å². The summed E-state index contributed by atoms with van der Waals surface area (Å²) in [5.41, 5.74) is 2.15. The SMILES string of the molecule is CCNC(=NCc1ccnc(N2CCN(c3ccc(F)cc3)CC2)c1)NC(C)(C)C.I. The Bertz CT molecular complexity index is 842. The van der Waals surface area contributed by atoms with Gasteiger partial charge in [-0.05, 0) is 69.7 Å². The molecule has 2 heterocycles. The van der Waals surface area contributed by atoms with Crippen molar-refractivity contribution < 1.29 is 4.39 Å². The van der Waals surface area contributed by atoms with E-state index in [4.69, 9.17) is 4.99 Å². The summed E-state index contributed by atoms with van der Waals surface area (Å²) in [6.07, 6.45) is 1.86. The van der Waals surface area contributed by atoms with Crippen LogP contribution in [0.25, 0.3) is 0 Å². The molecule has 1 aromatic heterocycles. The Kier molecular flexibility index (Phi) is 9.33. The van der Waals surface area contributed by atoms with Gasteiger partial charge in [-0.3, -0.25) is 0 Å². The highest BCUT2D eigenvalue weighted by atomic mass is 127. The van der Waals surface area contributed by atoms with Crippen LogP contribution < -0.4 is 20.4 Å². The van der Waals surface area contributed by atoms with E-state index in [1.54, 1.807) is 0 Å². The molecular weight excluding hydrogens is 506 g/mol. The number of aromatic nitrogens is 1. The van der Waals surface area contributed by atoms with Crippen LogP contribution in [-0.2, 0) is 6.54 Å². The number of benzene rings is 1. The molecule has 0 saturated carbocycles. The topological polar surface area (TPSA) is 55.8 Å². The Morgan fingerprint density at radius 1 is 1.06 bits per heavy atom. The van der Waals surface area contributed by atoms with Crippen molar-refractivity contribution in [1.82, 2.24) is 15.6 Å². The van der Waals surface area contributed by atoms with Gasteiger partial charge >= 0.3 is 0 Å². The second-order valence-electron chi connectivity index (χ2n) is 8.54. The maximum atomic E-state index is 13.2. The zero-order valence-corrected chi connectivity index (χ0v) is 21.2. The lowest BCUT2D eigenvalue weighted by Crippen LogP contribution is -2.47. The van der Waals surface area contributed by atoms with Gasteiger partial charge in [0.2, 0.25) is 0 Å². The molecule has 1 aliphatic heterocycles. The molecule has 1 aliphatic rings. The van der Waals surface area contributed by atoms with Crippen molar-refractivity contribution in [3.63, 3.8) is 0 Å². The second kappa shape index (κ2) is 11.5. The Morgan fingerprint density at radius 3 is 2.32 bits per heavy atom. The molecule has 0 spiro atoms. The quantitative estimate of drug-likeness (QED) is 0.341. The molecule has 0 atom stereocenters. The lowest BCUT2D eigenvalue weighted by Gasteiger charge is -2.36. The smallest absolute Gasteiger partial charge is 0.191 e. The van der Waals surface area contributed by atoms with E-state index in [1.807, 2.05) is 24.4 Å². The van der Waals surface area contributed by atoms with Crippen LogP contribution in [0, 0.1) is 5.82 Å². The van der Waals surface area contributed by atoms with Crippen molar-refractivity contribution in [2.45, 2.75) is 39.8 Å². The summed E-state index contributed by atoms with van der Waals surface area (Å²) in [7, 11) is 0. The van der Waals surface area contributed by atoms with Gasteiger partial charge in [0, 0.05) is 50.1 Å². The minimum atomic E-state index is -0.198. The van der Waals surface area contributed by atoms with Crippen LogP contribution in [0.15, 0.2) is 47.6 Å². The van der Waals surface area contributed by atoms with Crippen LogP contribution in [0.5, 0.6) is 0 Å². The number of nitrogens with one attached hydrogen (secondary N) is 2. The Morgan fingerprint density at radius 2 is 1.71 bits per heavy atom. The first-order valence-electron chi connectivity index (χ1n) is 10.6. The average molecular weight is 540 g/mol. The highest BCUT2D eigenvalue weighted by Crippen LogP contribution is 2.20. The molecule has 0 radical (unpaired) electrons. The fraction of sp³-hybridized carbons (Fsp3) is 0.478. The molecular formula is C23H34FIN6. The van der Waals surface area contributed by atoms with Crippen molar-refractivity contribution >= 4 is 41.4 Å².